The lowest BCUT2D eigenvalue weighted by atomic mass is 10.4. The van der Waals surface area contributed by atoms with Gasteiger partial charge in [-0.05, 0) is 0 Å². The van der Waals surface area contributed by atoms with Crippen LogP contribution >= 0.6 is 16.1 Å². The normalized spacial score (nSPS) is 7.30. The Balaban J connectivity index is 0.000000180. The quantitative estimate of drug-likeness (QED) is 0.369. The van der Waals surface area contributed by atoms with Gasteiger partial charge < -0.3 is 0 Å². The fourth-order valence-electron chi connectivity index (χ4n) is 0.385. The Hall–Kier alpha value is -0.900. The summed E-state index contributed by atoms with van der Waals surface area (Å²) in [7, 11) is 0. The summed E-state index contributed by atoms with van der Waals surface area (Å²) in [4.78, 5) is 8.72. The highest BCUT2D eigenvalue weighted by Crippen LogP contribution is 1.79. The zero-order valence-electron chi connectivity index (χ0n) is 5.11. The summed E-state index contributed by atoms with van der Waals surface area (Å²) in [6, 6.07) is 12.0. The van der Waals surface area contributed by atoms with Crippen LogP contribution in [0.15, 0.2) is 36.4 Å². The van der Waals surface area contributed by atoms with Crippen LogP contribution in [0.5, 0.6) is 0 Å². The second-order valence-electron chi connectivity index (χ2n) is 1.37. The summed E-state index contributed by atoms with van der Waals surface area (Å²) >= 11 is 1.99. The second kappa shape index (κ2) is 6.22. The van der Waals surface area contributed by atoms with Crippen molar-refractivity contribution in [2.45, 2.75) is 0 Å². The topological polar surface area (TPSA) is 43.1 Å². The number of hydrogen-bond acceptors (Lipinski definition) is 2. The highest BCUT2D eigenvalue weighted by Gasteiger charge is 1.67. The molecule has 1 aromatic rings. The van der Waals surface area contributed by atoms with Gasteiger partial charge in [0.05, 0.1) is 0 Å². The third kappa shape index (κ3) is 10.2. The monoisotopic (exact) mass is 203 g/mol. The molecule has 0 radical (unpaired) electrons. The molecule has 4 heteroatoms. The van der Waals surface area contributed by atoms with E-state index in [1.165, 1.54) is 0 Å². The van der Waals surface area contributed by atoms with Crippen LogP contribution in [0, 0.1) is 10.1 Å². The van der Waals surface area contributed by atoms with Crippen LogP contribution in [0.1, 0.15) is 0 Å². The molecule has 0 atom stereocenters. The predicted molar refractivity (Wildman–Crippen MR) is 42.4 cm³/mol. The lowest BCUT2D eigenvalue weighted by Crippen LogP contribution is -1.64. The maximum absolute atomic E-state index is 8.72. The predicted octanol–water partition coefficient (Wildman–Crippen LogP) is 2.26. The molecular formula is C6H6BrNO2. The fourth-order valence-corrected chi connectivity index (χ4v) is 0.385. The molecule has 0 unspecified atom stereocenters. The van der Waals surface area contributed by atoms with E-state index in [4.69, 9.17) is 10.1 Å². The first-order chi connectivity index (χ1) is 4.73. The summed E-state index contributed by atoms with van der Waals surface area (Å²) in [6.45, 7) is 0. The molecule has 0 fully saturated rings. The van der Waals surface area contributed by atoms with Crippen LogP contribution in [0.4, 0.5) is 0 Å². The molecule has 0 aliphatic carbocycles. The number of nitro groups is 1. The van der Waals surface area contributed by atoms with E-state index in [-0.39, 0.29) is 0 Å². The van der Waals surface area contributed by atoms with Gasteiger partial charge in [0, 0.05) is 0 Å². The average molecular weight is 204 g/mol. The van der Waals surface area contributed by atoms with E-state index in [1.54, 1.807) is 0 Å². The Kier molecular flexibility index (Phi) is 5.66. The first-order valence-electron chi connectivity index (χ1n) is 2.53. The van der Waals surface area contributed by atoms with Crippen LogP contribution in [0.3, 0.4) is 0 Å². The van der Waals surface area contributed by atoms with Gasteiger partial charge in [-0.3, -0.25) is 10.1 Å². The van der Waals surface area contributed by atoms with Gasteiger partial charge >= 0.3 is 16.1 Å². The first kappa shape index (κ1) is 9.10. The van der Waals surface area contributed by atoms with Gasteiger partial charge in [0.15, 0.2) is 0 Å². The Morgan fingerprint density at radius 1 is 1.00 bits per heavy atom. The summed E-state index contributed by atoms with van der Waals surface area (Å²) < 4.78 is -0.688. The molecular weight excluding hydrogens is 198 g/mol. The Morgan fingerprint density at radius 2 is 1.10 bits per heavy atom. The minimum absolute atomic E-state index is 0.688. The SMILES string of the molecule is O=[N+]([O-])Br.c1ccccc1. The number of rotatable bonds is 0. The second-order valence-corrected chi connectivity index (χ2v) is 1.95. The minimum atomic E-state index is -0.688. The van der Waals surface area contributed by atoms with Crippen molar-refractivity contribution in [3.63, 3.8) is 0 Å². The summed E-state index contributed by atoms with van der Waals surface area (Å²) in [5, 5.41) is 8.72. The van der Waals surface area contributed by atoms with Crippen molar-refractivity contribution >= 4 is 16.1 Å². The van der Waals surface area contributed by atoms with Crippen molar-refractivity contribution in [1.82, 2.24) is 0 Å². The zero-order valence-corrected chi connectivity index (χ0v) is 6.69. The first-order valence-corrected chi connectivity index (χ1v) is 3.24. The lowest BCUT2D eigenvalue weighted by molar-refractivity contribution is -0.262. The zero-order chi connectivity index (χ0) is 7.82. The number of nitrogens with zero attached hydrogens (tertiary/aromatic N) is 1. The smallest absolute Gasteiger partial charge is 0.252 e. The Labute approximate surface area is 67.2 Å². The summed E-state index contributed by atoms with van der Waals surface area (Å²) in [6.07, 6.45) is 0. The molecule has 0 bridgehead atoms. The van der Waals surface area contributed by atoms with Crippen molar-refractivity contribution in [2.24, 2.45) is 0 Å². The highest BCUT2D eigenvalue weighted by molar-refractivity contribution is 9.04. The average Bonchev–Trinajstić information content (AvgIpc) is 1.90. The molecule has 0 amide bonds. The minimum Gasteiger partial charge on any atom is -0.252 e. The Bertz CT molecular complexity index is 148. The third-order valence-electron chi connectivity index (χ3n) is 0.667. The van der Waals surface area contributed by atoms with Crippen molar-refractivity contribution in [3.05, 3.63) is 46.5 Å². The van der Waals surface area contributed by atoms with Gasteiger partial charge in [-0.2, -0.15) is 0 Å². The molecule has 54 valence electrons. The Morgan fingerprint density at radius 3 is 1.20 bits per heavy atom. The van der Waals surface area contributed by atoms with Crippen molar-refractivity contribution in [1.29, 1.82) is 0 Å². The molecule has 1 aromatic carbocycles. The molecule has 3 nitrogen and oxygen atoms in total. The standard InChI is InChI=1S/C6H6.BrNO2/c1-2-4-6-5-3-1;1-2(3)4/h1-6H;. The molecule has 10 heavy (non-hydrogen) atoms. The molecule has 0 aliphatic heterocycles. The largest absolute Gasteiger partial charge is 0.399 e. The van der Waals surface area contributed by atoms with Crippen LogP contribution in [0.25, 0.3) is 0 Å². The molecule has 0 saturated carbocycles. The molecule has 0 N–H and O–H groups in total. The van der Waals surface area contributed by atoms with E-state index in [1.807, 2.05) is 52.5 Å². The number of halogens is 1. The number of hydrogen-bond donors (Lipinski definition) is 0. The van der Waals surface area contributed by atoms with Gasteiger partial charge in [-0.15, -0.1) is 0 Å². The van der Waals surface area contributed by atoms with Gasteiger partial charge in [-0.25, -0.2) is 0 Å². The maximum atomic E-state index is 8.72. The van der Waals surface area contributed by atoms with Gasteiger partial charge in [-0.1, -0.05) is 36.4 Å². The summed E-state index contributed by atoms with van der Waals surface area (Å²) in [5.41, 5.74) is 0. The molecule has 0 spiro atoms. The van der Waals surface area contributed by atoms with E-state index in [0.717, 1.165) is 0 Å². The lowest BCUT2D eigenvalue weighted by Gasteiger charge is -1.69. The van der Waals surface area contributed by atoms with Crippen molar-refractivity contribution in [2.75, 3.05) is 0 Å². The van der Waals surface area contributed by atoms with Crippen LogP contribution in [-0.4, -0.2) is 3.95 Å². The molecule has 0 aromatic heterocycles. The molecule has 0 heterocycles. The highest BCUT2D eigenvalue weighted by atomic mass is 79.9. The van der Waals surface area contributed by atoms with E-state index in [9.17, 15) is 0 Å². The van der Waals surface area contributed by atoms with Gasteiger partial charge in [0.2, 0.25) is 0 Å². The van der Waals surface area contributed by atoms with Crippen LogP contribution in [-0.2, 0) is 0 Å². The van der Waals surface area contributed by atoms with Crippen molar-refractivity contribution < 1.29 is 3.95 Å². The maximum Gasteiger partial charge on any atom is 0.399 e. The van der Waals surface area contributed by atoms with E-state index in [0.29, 0.717) is 0 Å². The third-order valence-corrected chi connectivity index (χ3v) is 0.667. The fraction of sp³-hybridized carbons (Fsp3) is 0. The number of benzene rings is 1. The molecule has 0 aliphatic rings. The van der Waals surface area contributed by atoms with E-state index in [2.05, 4.69) is 0 Å². The molecule has 1 rings (SSSR count). The van der Waals surface area contributed by atoms with E-state index >= 15 is 0 Å². The molecule has 0 saturated heterocycles. The van der Waals surface area contributed by atoms with Gasteiger partial charge in [0.25, 0.3) is 0 Å². The van der Waals surface area contributed by atoms with Crippen molar-refractivity contribution in [3.8, 4) is 0 Å². The summed E-state index contributed by atoms with van der Waals surface area (Å²) in [5.74, 6) is 0. The van der Waals surface area contributed by atoms with E-state index < -0.39 is 3.95 Å². The van der Waals surface area contributed by atoms with Crippen LogP contribution < -0.4 is 0 Å². The van der Waals surface area contributed by atoms with Crippen LogP contribution in [0.2, 0.25) is 0 Å². The van der Waals surface area contributed by atoms with Gasteiger partial charge in [0.1, 0.15) is 3.95 Å².